The summed E-state index contributed by atoms with van der Waals surface area (Å²) in [6, 6.07) is 16.6. The molecule has 180 valence electrons. The summed E-state index contributed by atoms with van der Waals surface area (Å²) in [7, 11) is -2.00. The Balaban J connectivity index is 1.23. The number of hydrogen-bond donors (Lipinski definition) is 1. The normalized spacial score (nSPS) is 13.2. The number of amides is 1. The van der Waals surface area contributed by atoms with Gasteiger partial charge in [0.25, 0.3) is 15.9 Å². The van der Waals surface area contributed by atoms with Gasteiger partial charge in [0.15, 0.2) is 5.76 Å². The number of pyridine rings is 1. The zero-order valence-electron chi connectivity index (χ0n) is 18.8. The van der Waals surface area contributed by atoms with Gasteiger partial charge in [-0.2, -0.15) is 0 Å². The average molecular weight is 535 g/mol. The maximum Gasteiger partial charge on any atom is 0.271 e. The molecule has 4 aromatic heterocycles. The second-order valence-corrected chi connectivity index (χ2v) is 12.3. The van der Waals surface area contributed by atoms with Crippen molar-refractivity contribution in [2.24, 2.45) is 0 Å². The van der Waals surface area contributed by atoms with Gasteiger partial charge in [0.05, 0.1) is 23.0 Å². The second-order valence-electron chi connectivity index (χ2n) is 8.26. The molecule has 0 unspecified atom stereocenters. The van der Waals surface area contributed by atoms with Gasteiger partial charge in [-0.3, -0.25) is 14.5 Å². The first-order valence-corrected chi connectivity index (χ1v) is 14.0. The highest BCUT2D eigenvalue weighted by molar-refractivity contribution is 7.94. The molecule has 6 rings (SSSR count). The molecule has 1 amide bonds. The molecule has 1 N–H and O–H groups in total. The maximum absolute atomic E-state index is 13.0. The van der Waals surface area contributed by atoms with E-state index >= 15 is 0 Å². The summed E-state index contributed by atoms with van der Waals surface area (Å²) in [6.45, 7) is 0.608. The van der Waals surface area contributed by atoms with E-state index in [1.165, 1.54) is 18.5 Å². The van der Waals surface area contributed by atoms with Crippen molar-refractivity contribution >= 4 is 44.3 Å². The first-order valence-electron chi connectivity index (χ1n) is 10.9. The van der Waals surface area contributed by atoms with E-state index in [1.807, 2.05) is 24.3 Å². The largest absolute Gasteiger partial charge is 0.355 e. The van der Waals surface area contributed by atoms with Crippen molar-refractivity contribution in [2.45, 2.75) is 10.8 Å². The summed E-state index contributed by atoms with van der Waals surface area (Å²) < 4.78 is 33.8. The lowest BCUT2D eigenvalue weighted by Crippen LogP contribution is -2.17. The Morgan fingerprint density at radius 2 is 1.75 bits per heavy atom. The van der Waals surface area contributed by atoms with Gasteiger partial charge in [0.1, 0.15) is 4.21 Å². The van der Waals surface area contributed by atoms with E-state index in [-0.39, 0.29) is 10.1 Å². The fourth-order valence-electron chi connectivity index (χ4n) is 4.04. The van der Waals surface area contributed by atoms with Crippen LogP contribution in [-0.2, 0) is 16.6 Å². The molecule has 0 atom stereocenters. The van der Waals surface area contributed by atoms with E-state index < -0.39 is 10.0 Å². The number of fused-ring (bicyclic) bond motifs is 1. The van der Waals surface area contributed by atoms with Crippen LogP contribution in [0.5, 0.6) is 0 Å². The van der Waals surface area contributed by atoms with Crippen molar-refractivity contribution in [1.82, 2.24) is 15.0 Å². The molecule has 5 aromatic rings. The Hall–Kier alpha value is -3.80. The van der Waals surface area contributed by atoms with Gasteiger partial charge >= 0.3 is 0 Å². The van der Waals surface area contributed by atoms with E-state index in [4.69, 9.17) is 4.52 Å². The Labute approximate surface area is 214 Å². The summed E-state index contributed by atoms with van der Waals surface area (Å²) in [5.74, 6) is 0.561. The van der Waals surface area contributed by atoms with Gasteiger partial charge in [-0.25, -0.2) is 8.42 Å². The van der Waals surface area contributed by atoms with Crippen molar-refractivity contribution in [2.75, 3.05) is 11.8 Å². The second kappa shape index (κ2) is 8.70. The van der Waals surface area contributed by atoms with Gasteiger partial charge in [0.2, 0.25) is 0 Å². The number of sulfonamides is 1. The third-order valence-electron chi connectivity index (χ3n) is 5.78. The number of thiophene rings is 2. The van der Waals surface area contributed by atoms with Crippen LogP contribution in [-0.4, -0.2) is 36.4 Å². The minimum absolute atomic E-state index is 0.0468. The topological polar surface area (TPSA) is 105 Å². The predicted molar refractivity (Wildman–Crippen MR) is 139 cm³/mol. The summed E-state index contributed by atoms with van der Waals surface area (Å²) in [5.41, 5.74) is 3.99. The lowest BCUT2D eigenvalue weighted by Gasteiger charge is -2.07. The van der Waals surface area contributed by atoms with Crippen LogP contribution in [0.4, 0.5) is 5.69 Å². The summed E-state index contributed by atoms with van der Waals surface area (Å²) >= 11 is 2.68. The number of anilines is 1. The first kappa shape index (κ1) is 22.7. The first-order chi connectivity index (χ1) is 17.4. The van der Waals surface area contributed by atoms with E-state index in [1.54, 1.807) is 47.7 Å². The van der Waals surface area contributed by atoms with Crippen LogP contribution in [0.15, 0.2) is 81.9 Å². The highest BCUT2D eigenvalue weighted by Crippen LogP contribution is 2.37. The predicted octanol–water partition coefficient (Wildman–Crippen LogP) is 5.58. The third kappa shape index (κ3) is 4.11. The van der Waals surface area contributed by atoms with Gasteiger partial charge in [-0.15, -0.1) is 22.7 Å². The monoisotopic (exact) mass is 534 g/mol. The van der Waals surface area contributed by atoms with E-state index in [2.05, 4.69) is 20.9 Å². The van der Waals surface area contributed by atoms with Crippen molar-refractivity contribution < 1.29 is 17.7 Å². The minimum atomic E-state index is -3.80. The van der Waals surface area contributed by atoms with Crippen LogP contribution < -0.4 is 4.72 Å². The fraction of sp³-hybridized carbons (Fsp3) is 0.0800. The van der Waals surface area contributed by atoms with Crippen LogP contribution >= 0.6 is 22.7 Å². The molecule has 0 fully saturated rings. The highest BCUT2D eigenvalue weighted by Gasteiger charge is 2.24. The fourth-order valence-corrected chi connectivity index (χ4v) is 7.32. The molecule has 1 aliphatic rings. The molecule has 0 spiro atoms. The van der Waals surface area contributed by atoms with E-state index in [0.29, 0.717) is 22.9 Å². The molecule has 0 aliphatic carbocycles. The van der Waals surface area contributed by atoms with Crippen molar-refractivity contribution in [3.8, 4) is 31.5 Å². The zero-order chi connectivity index (χ0) is 24.9. The average Bonchev–Trinajstić information content (AvgIpc) is 3.66. The number of nitrogens with zero attached hydrogens (tertiary/aromatic N) is 3. The van der Waals surface area contributed by atoms with Crippen LogP contribution in [0.1, 0.15) is 15.9 Å². The zero-order valence-corrected chi connectivity index (χ0v) is 21.3. The number of hydrogen-bond acceptors (Lipinski definition) is 8. The minimum Gasteiger partial charge on any atom is -0.355 e. The third-order valence-corrected chi connectivity index (χ3v) is 9.94. The molecule has 36 heavy (non-hydrogen) atoms. The molecule has 11 heteroatoms. The Morgan fingerprint density at radius 3 is 2.56 bits per heavy atom. The number of carbonyl (C=O) groups excluding carboxylic acids is 1. The summed E-state index contributed by atoms with van der Waals surface area (Å²) in [5, 5.41) is 3.66. The standard InChI is InChI=1S/C25H18N4O4S3/c1-29-14-17-10-15(2-3-19(17)25(29)30)21-4-5-22(34-21)16-11-18(13-26-12-16)28-36(31,32)24-7-6-23(35-24)20-8-9-27-33-20/h2-13,28H,14H2,1H3. The Kier molecular flexibility index (Phi) is 5.47. The molecule has 5 heterocycles. The van der Waals surface area contributed by atoms with Crippen LogP contribution in [0.3, 0.4) is 0 Å². The van der Waals surface area contributed by atoms with Crippen LogP contribution in [0.2, 0.25) is 0 Å². The highest BCUT2D eigenvalue weighted by atomic mass is 32.2. The number of aromatic nitrogens is 2. The van der Waals surface area contributed by atoms with Crippen molar-refractivity contribution in [1.29, 1.82) is 0 Å². The van der Waals surface area contributed by atoms with Gasteiger partial charge in [-0.05, 0) is 53.6 Å². The number of nitrogens with one attached hydrogen (secondary N) is 1. The van der Waals surface area contributed by atoms with E-state index in [0.717, 1.165) is 43.3 Å². The van der Waals surface area contributed by atoms with Crippen molar-refractivity contribution in [3.63, 3.8) is 0 Å². The lowest BCUT2D eigenvalue weighted by atomic mass is 10.1. The molecule has 0 saturated heterocycles. The quantitative estimate of drug-likeness (QED) is 0.305. The number of rotatable bonds is 6. The smallest absolute Gasteiger partial charge is 0.271 e. The maximum atomic E-state index is 13.0. The van der Waals surface area contributed by atoms with Gasteiger partial charge in [0, 0.05) is 46.7 Å². The Bertz CT molecular complexity index is 1700. The molecular weight excluding hydrogens is 517 g/mol. The SMILES string of the molecule is CN1Cc2cc(-c3ccc(-c4cncc(NS(=O)(=O)c5ccc(-c6ccno6)s5)c4)s3)ccc2C1=O. The molecule has 1 aliphatic heterocycles. The molecule has 0 radical (unpaired) electrons. The Morgan fingerprint density at radius 1 is 0.944 bits per heavy atom. The summed E-state index contributed by atoms with van der Waals surface area (Å²) in [6.07, 6.45) is 4.70. The number of benzene rings is 1. The molecule has 0 saturated carbocycles. The van der Waals surface area contributed by atoms with Crippen LogP contribution in [0.25, 0.3) is 31.5 Å². The van der Waals surface area contributed by atoms with Gasteiger partial charge < -0.3 is 9.42 Å². The summed E-state index contributed by atoms with van der Waals surface area (Å²) in [4.78, 5) is 20.8. The van der Waals surface area contributed by atoms with E-state index in [9.17, 15) is 13.2 Å². The molecule has 1 aromatic carbocycles. The number of carbonyl (C=O) groups is 1. The molecule has 8 nitrogen and oxygen atoms in total. The van der Waals surface area contributed by atoms with Crippen LogP contribution in [0, 0.1) is 0 Å². The van der Waals surface area contributed by atoms with Gasteiger partial charge in [-0.1, -0.05) is 11.2 Å². The molecule has 0 bridgehead atoms. The lowest BCUT2D eigenvalue weighted by molar-refractivity contribution is 0.0816. The molecular formula is C25H18N4O4S3. The van der Waals surface area contributed by atoms with Crippen molar-refractivity contribution in [3.05, 3.63) is 84.3 Å².